The number of nitrogen functional groups attached to an aromatic ring is 1. The molecule has 19 heavy (non-hydrogen) atoms. The zero-order valence-corrected chi connectivity index (χ0v) is 10.6. The first-order valence-corrected chi connectivity index (χ1v) is 5.82. The first-order chi connectivity index (χ1) is 9.08. The summed E-state index contributed by atoms with van der Waals surface area (Å²) in [5.74, 6) is -0.271. The van der Waals surface area contributed by atoms with E-state index in [0.717, 1.165) is 11.3 Å². The Balaban J connectivity index is 2.25. The van der Waals surface area contributed by atoms with E-state index in [4.69, 9.17) is 11.1 Å². The number of pyridine rings is 1. The van der Waals surface area contributed by atoms with Crippen LogP contribution >= 0.6 is 0 Å². The summed E-state index contributed by atoms with van der Waals surface area (Å²) in [4.78, 5) is 5.93. The maximum Gasteiger partial charge on any atom is 0.125 e. The fourth-order valence-corrected chi connectivity index (χ4v) is 1.91. The van der Waals surface area contributed by atoms with E-state index in [1.54, 1.807) is 24.5 Å². The molecule has 0 aliphatic heterocycles. The minimum Gasteiger partial charge on any atom is -0.384 e. The number of benzene rings is 1. The van der Waals surface area contributed by atoms with Gasteiger partial charge in [0, 0.05) is 25.4 Å². The summed E-state index contributed by atoms with van der Waals surface area (Å²) in [5.41, 5.74) is 7.76. The Bertz CT molecular complexity index is 598. The van der Waals surface area contributed by atoms with Crippen LogP contribution in [0.2, 0.25) is 0 Å². The number of hydrogen-bond acceptors (Lipinski definition) is 3. The number of anilines is 1. The van der Waals surface area contributed by atoms with Crippen molar-refractivity contribution in [1.82, 2.24) is 4.98 Å². The van der Waals surface area contributed by atoms with Gasteiger partial charge in [0.05, 0.1) is 11.9 Å². The number of aromatic nitrogens is 1. The molecule has 0 spiro atoms. The number of halogens is 1. The van der Waals surface area contributed by atoms with Gasteiger partial charge in [-0.2, -0.15) is 0 Å². The molecule has 0 aliphatic carbocycles. The molecule has 0 bridgehead atoms. The van der Waals surface area contributed by atoms with E-state index in [0.29, 0.717) is 12.1 Å². The van der Waals surface area contributed by atoms with Crippen molar-refractivity contribution in [3.8, 4) is 0 Å². The van der Waals surface area contributed by atoms with E-state index in [2.05, 4.69) is 4.98 Å². The van der Waals surface area contributed by atoms with Gasteiger partial charge in [-0.3, -0.25) is 10.4 Å². The van der Waals surface area contributed by atoms with E-state index in [-0.39, 0.29) is 11.7 Å². The van der Waals surface area contributed by atoms with Crippen molar-refractivity contribution in [2.24, 2.45) is 5.73 Å². The van der Waals surface area contributed by atoms with Gasteiger partial charge in [-0.05, 0) is 23.8 Å². The molecule has 1 heterocycles. The van der Waals surface area contributed by atoms with Crippen LogP contribution in [0.3, 0.4) is 0 Å². The van der Waals surface area contributed by atoms with Crippen molar-refractivity contribution in [3.05, 3.63) is 59.7 Å². The normalized spacial score (nSPS) is 10.2. The molecule has 4 nitrogen and oxygen atoms in total. The fraction of sp³-hybridized carbons (Fsp3) is 0.143. The number of rotatable bonds is 4. The molecular formula is C14H15FN4. The van der Waals surface area contributed by atoms with E-state index >= 15 is 0 Å². The van der Waals surface area contributed by atoms with Crippen LogP contribution in [-0.4, -0.2) is 17.9 Å². The fourth-order valence-electron chi connectivity index (χ4n) is 1.91. The van der Waals surface area contributed by atoms with Crippen molar-refractivity contribution in [2.75, 3.05) is 11.9 Å². The third kappa shape index (κ3) is 3.07. The van der Waals surface area contributed by atoms with Gasteiger partial charge in [-0.1, -0.05) is 12.1 Å². The third-order valence-electron chi connectivity index (χ3n) is 2.81. The maximum atomic E-state index is 13.1. The van der Waals surface area contributed by atoms with Crippen LogP contribution in [0.1, 0.15) is 11.1 Å². The maximum absolute atomic E-state index is 13.1. The summed E-state index contributed by atoms with van der Waals surface area (Å²) in [7, 11) is 1.86. The quantitative estimate of drug-likeness (QED) is 0.652. The minimum absolute atomic E-state index is 0.0107. The molecule has 0 amide bonds. The molecule has 0 saturated heterocycles. The SMILES string of the molecule is CN(Cc1cccc(F)c1)c1cnccc1C(=N)N. The molecule has 3 N–H and O–H groups in total. The molecule has 0 radical (unpaired) electrons. The largest absolute Gasteiger partial charge is 0.384 e. The van der Waals surface area contributed by atoms with Gasteiger partial charge in [0.2, 0.25) is 0 Å². The van der Waals surface area contributed by atoms with Gasteiger partial charge in [-0.25, -0.2) is 4.39 Å². The van der Waals surface area contributed by atoms with Crippen LogP contribution in [0.4, 0.5) is 10.1 Å². The summed E-state index contributed by atoms with van der Waals surface area (Å²) >= 11 is 0. The molecule has 2 rings (SSSR count). The first kappa shape index (κ1) is 13.0. The van der Waals surface area contributed by atoms with E-state index in [1.807, 2.05) is 18.0 Å². The summed E-state index contributed by atoms with van der Waals surface area (Å²) in [6.07, 6.45) is 3.24. The molecular weight excluding hydrogens is 243 g/mol. The molecule has 0 aliphatic rings. The van der Waals surface area contributed by atoms with Crippen molar-refractivity contribution in [3.63, 3.8) is 0 Å². The lowest BCUT2D eigenvalue weighted by atomic mass is 10.1. The Kier molecular flexibility index (Phi) is 3.75. The standard InChI is InChI=1S/C14H15FN4/c1-19(9-10-3-2-4-11(15)7-10)13-8-18-6-5-12(13)14(16)17/h2-8H,9H2,1H3,(H3,16,17). The highest BCUT2D eigenvalue weighted by atomic mass is 19.1. The number of amidine groups is 1. The van der Waals surface area contributed by atoms with E-state index in [9.17, 15) is 4.39 Å². The van der Waals surface area contributed by atoms with Gasteiger partial charge < -0.3 is 10.6 Å². The Morgan fingerprint density at radius 3 is 2.89 bits per heavy atom. The van der Waals surface area contributed by atoms with E-state index < -0.39 is 0 Å². The van der Waals surface area contributed by atoms with Crippen LogP contribution in [0.5, 0.6) is 0 Å². The topological polar surface area (TPSA) is 66.0 Å². The predicted octanol–water partition coefficient (Wildman–Crippen LogP) is 2.14. The predicted molar refractivity (Wildman–Crippen MR) is 73.8 cm³/mol. The van der Waals surface area contributed by atoms with E-state index in [1.165, 1.54) is 12.1 Å². The molecule has 0 saturated carbocycles. The number of nitrogens with zero attached hydrogens (tertiary/aromatic N) is 2. The van der Waals surface area contributed by atoms with Crippen LogP contribution in [0.15, 0.2) is 42.7 Å². The van der Waals surface area contributed by atoms with Crippen LogP contribution < -0.4 is 10.6 Å². The second kappa shape index (κ2) is 5.48. The van der Waals surface area contributed by atoms with Crippen molar-refractivity contribution in [2.45, 2.75) is 6.54 Å². The average Bonchev–Trinajstić information content (AvgIpc) is 2.38. The highest BCUT2D eigenvalue weighted by molar-refractivity contribution is 6.00. The molecule has 0 unspecified atom stereocenters. The van der Waals surface area contributed by atoms with Crippen LogP contribution in [0, 0.1) is 11.2 Å². The highest BCUT2D eigenvalue weighted by Crippen LogP contribution is 2.19. The van der Waals surface area contributed by atoms with Gasteiger partial charge in [0.1, 0.15) is 11.7 Å². The lowest BCUT2D eigenvalue weighted by Crippen LogP contribution is -2.22. The first-order valence-electron chi connectivity index (χ1n) is 5.82. The van der Waals surface area contributed by atoms with Gasteiger partial charge in [0.15, 0.2) is 0 Å². The van der Waals surface area contributed by atoms with Crippen LogP contribution in [-0.2, 0) is 6.54 Å². The lowest BCUT2D eigenvalue weighted by Gasteiger charge is -2.21. The molecule has 98 valence electrons. The minimum atomic E-state index is -0.260. The second-order valence-corrected chi connectivity index (χ2v) is 4.29. The number of nitrogens with one attached hydrogen (secondary N) is 1. The molecule has 1 aromatic heterocycles. The summed E-state index contributed by atoms with van der Waals surface area (Å²) in [5, 5.41) is 7.55. The third-order valence-corrected chi connectivity index (χ3v) is 2.81. The molecule has 0 fully saturated rings. The molecule has 1 aromatic carbocycles. The Morgan fingerprint density at radius 1 is 1.42 bits per heavy atom. The Morgan fingerprint density at radius 2 is 2.21 bits per heavy atom. The molecule has 0 atom stereocenters. The van der Waals surface area contributed by atoms with Crippen LogP contribution in [0.25, 0.3) is 0 Å². The van der Waals surface area contributed by atoms with Crippen molar-refractivity contribution in [1.29, 1.82) is 5.41 Å². The zero-order chi connectivity index (χ0) is 13.8. The second-order valence-electron chi connectivity index (χ2n) is 4.29. The monoisotopic (exact) mass is 258 g/mol. The van der Waals surface area contributed by atoms with Crippen molar-refractivity contribution < 1.29 is 4.39 Å². The summed E-state index contributed by atoms with van der Waals surface area (Å²) in [6.45, 7) is 0.518. The summed E-state index contributed by atoms with van der Waals surface area (Å²) < 4.78 is 13.1. The summed E-state index contributed by atoms with van der Waals surface area (Å²) in [6, 6.07) is 8.12. The zero-order valence-electron chi connectivity index (χ0n) is 10.6. The highest BCUT2D eigenvalue weighted by Gasteiger charge is 2.10. The van der Waals surface area contributed by atoms with Gasteiger partial charge >= 0.3 is 0 Å². The van der Waals surface area contributed by atoms with Crippen molar-refractivity contribution >= 4 is 11.5 Å². The Hall–Kier alpha value is -2.43. The number of nitrogens with two attached hydrogens (primary N) is 1. The molecule has 5 heteroatoms. The van der Waals surface area contributed by atoms with Gasteiger partial charge in [0.25, 0.3) is 0 Å². The Labute approximate surface area is 111 Å². The molecule has 2 aromatic rings. The van der Waals surface area contributed by atoms with Gasteiger partial charge in [-0.15, -0.1) is 0 Å². The average molecular weight is 258 g/mol. The number of hydrogen-bond donors (Lipinski definition) is 2. The smallest absolute Gasteiger partial charge is 0.125 e. The lowest BCUT2D eigenvalue weighted by molar-refractivity contribution is 0.625.